The van der Waals surface area contributed by atoms with Crippen LogP contribution in [-0.2, 0) is 4.79 Å². The lowest BCUT2D eigenvalue weighted by Gasteiger charge is -2.34. The third-order valence-electron chi connectivity index (χ3n) is 6.23. The number of anilines is 1. The van der Waals surface area contributed by atoms with E-state index in [-0.39, 0.29) is 41.3 Å². The van der Waals surface area contributed by atoms with E-state index in [0.717, 1.165) is 42.7 Å². The first-order chi connectivity index (χ1) is 16.3. The average molecular weight is 526 g/mol. The smallest absolute Gasteiger partial charge is 0.241 e. The summed E-state index contributed by atoms with van der Waals surface area (Å²) in [4.78, 5) is 15.1. The number of aliphatic hydroxyl groups is 1. The summed E-state index contributed by atoms with van der Waals surface area (Å²) in [6.07, 6.45) is 5.05. The number of amides is 1. The van der Waals surface area contributed by atoms with Gasteiger partial charge in [0.15, 0.2) is 11.5 Å². The number of para-hydroxylation sites is 1. The molecule has 1 aliphatic heterocycles. The summed E-state index contributed by atoms with van der Waals surface area (Å²) in [7, 11) is 1.73. The molecule has 0 saturated carbocycles. The fourth-order valence-electron chi connectivity index (χ4n) is 4.19. The van der Waals surface area contributed by atoms with Crippen molar-refractivity contribution in [3.05, 3.63) is 53.1 Å². The Balaban J connectivity index is 0.000000711. The molecule has 1 unspecified atom stereocenters. The van der Waals surface area contributed by atoms with E-state index in [1.54, 1.807) is 13.1 Å². The Hall–Kier alpha value is -2.36. The van der Waals surface area contributed by atoms with E-state index >= 15 is 0 Å². The highest BCUT2D eigenvalue weighted by molar-refractivity contribution is 5.96. The number of benzene rings is 2. The lowest BCUT2D eigenvalue weighted by molar-refractivity contribution is -0.122. The number of unbranched alkanes of at least 4 members (excludes halogenated alkanes) is 1. The number of phenolic OH excluding ortho intramolecular Hbond substituents is 2. The number of hydrogen-bond donors (Lipinski definition) is 5. The molecule has 2 aromatic carbocycles. The summed E-state index contributed by atoms with van der Waals surface area (Å²) < 4.78 is 0. The molecule has 1 saturated heterocycles. The highest BCUT2D eigenvalue weighted by Gasteiger charge is 2.28. The molecule has 204 valence electrons. The van der Waals surface area contributed by atoms with Gasteiger partial charge in [-0.2, -0.15) is 0 Å². The lowest BCUT2D eigenvalue weighted by Crippen LogP contribution is -2.47. The number of piperidine rings is 1. The Bertz CT molecular complexity index is 908. The van der Waals surface area contributed by atoms with E-state index in [0.29, 0.717) is 12.1 Å². The van der Waals surface area contributed by atoms with Gasteiger partial charge in [-0.05, 0) is 82.1 Å². The molecule has 36 heavy (non-hydrogen) atoms. The zero-order valence-electron chi connectivity index (χ0n) is 21.9. The highest BCUT2D eigenvalue weighted by Crippen LogP contribution is 2.27. The fourth-order valence-corrected chi connectivity index (χ4v) is 4.19. The second-order valence-electron chi connectivity index (χ2n) is 8.98. The lowest BCUT2D eigenvalue weighted by atomic mass is 10.00. The number of halogens is 1. The van der Waals surface area contributed by atoms with Crippen molar-refractivity contribution in [2.45, 2.75) is 65.0 Å². The Morgan fingerprint density at radius 2 is 1.78 bits per heavy atom. The third-order valence-corrected chi connectivity index (χ3v) is 6.23. The van der Waals surface area contributed by atoms with Crippen molar-refractivity contribution in [2.24, 2.45) is 0 Å². The van der Waals surface area contributed by atoms with E-state index in [2.05, 4.69) is 48.4 Å². The first-order valence-electron chi connectivity index (χ1n) is 12.2. The predicted molar refractivity (Wildman–Crippen MR) is 148 cm³/mol. The van der Waals surface area contributed by atoms with Gasteiger partial charge in [0.1, 0.15) is 0 Å². The van der Waals surface area contributed by atoms with Gasteiger partial charge >= 0.3 is 0 Å². The molecule has 1 amide bonds. The topological polar surface area (TPSA) is 137 Å². The van der Waals surface area contributed by atoms with Gasteiger partial charge in [0, 0.05) is 12.2 Å². The summed E-state index contributed by atoms with van der Waals surface area (Å²) in [6, 6.07) is 10.5. The Morgan fingerprint density at radius 3 is 2.36 bits per heavy atom. The quantitative estimate of drug-likeness (QED) is 0.332. The number of phenols is 2. The molecule has 1 fully saturated rings. The molecule has 9 heteroatoms. The molecule has 7 N–H and O–H groups in total. The van der Waals surface area contributed by atoms with Gasteiger partial charge in [-0.15, -0.1) is 12.4 Å². The number of carbonyl (C=O) groups excluding carboxylic acids is 1. The second-order valence-corrected chi connectivity index (χ2v) is 8.98. The van der Waals surface area contributed by atoms with Crippen LogP contribution in [0.25, 0.3) is 0 Å². The molecule has 1 aliphatic rings. The molecule has 0 radical (unpaired) electrons. The number of likely N-dealkylation sites (N-methyl/N-ethyl adjacent to an activating group) is 1. The average Bonchev–Trinajstić information content (AvgIpc) is 2.82. The van der Waals surface area contributed by atoms with Crippen LogP contribution in [-0.4, -0.2) is 64.3 Å². The summed E-state index contributed by atoms with van der Waals surface area (Å²) in [5.74, 6) is -0.226. The van der Waals surface area contributed by atoms with Gasteiger partial charge in [0.05, 0.1) is 12.1 Å². The van der Waals surface area contributed by atoms with Crippen LogP contribution in [0.15, 0.2) is 36.4 Å². The Kier molecular flexibility index (Phi) is 16.0. The number of aryl methyl sites for hydroxylation is 2. The van der Waals surface area contributed by atoms with E-state index in [1.165, 1.54) is 31.4 Å². The van der Waals surface area contributed by atoms with Crippen molar-refractivity contribution in [3.63, 3.8) is 0 Å². The molecule has 0 spiro atoms. The minimum atomic E-state index is -0.670. The zero-order valence-corrected chi connectivity index (χ0v) is 22.7. The maximum absolute atomic E-state index is 12.7. The van der Waals surface area contributed by atoms with Gasteiger partial charge in [0.2, 0.25) is 5.91 Å². The SMILES string of the molecule is CCCCN1CCCCC1C(=O)Nc1c(C)cccc1C.CNC[C@H](O)c1ccc(O)c(O)c1.Cl.O. The number of aliphatic hydroxyl groups excluding tert-OH is 1. The van der Waals surface area contributed by atoms with E-state index in [1.807, 2.05) is 6.07 Å². The number of nitrogens with one attached hydrogen (secondary N) is 2. The van der Waals surface area contributed by atoms with Crippen molar-refractivity contribution in [1.29, 1.82) is 0 Å². The second kappa shape index (κ2) is 17.2. The monoisotopic (exact) mass is 525 g/mol. The normalized spacial score (nSPS) is 16.0. The molecule has 8 nitrogen and oxygen atoms in total. The zero-order chi connectivity index (χ0) is 25.1. The summed E-state index contributed by atoms with van der Waals surface area (Å²) in [5.41, 5.74) is 3.84. The fraction of sp³-hybridized carbons (Fsp3) is 0.519. The summed E-state index contributed by atoms with van der Waals surface area (Å²) >= 11 is 0. The number of carbonyl (C=O) groups is 1. The molecule has 2 atom stereocenters. The van der Waals surface area contributed by atoms with Crippen LogP contribution in [0.2, 0.25) is 0 Å². The van der Waals surface area contributed by atoms with Gasteiger partial charge < -0.3 is 31.4 Å². The van der Waals surface area contributed by atoms with Gasteiger partial charge in [-0.1, -0.05) is 44.0 Å². The van der Waals surface area contributed by atoms with Crippen LogP contribution in [0.1, 0.15) is 61.8 Å². The number of aromatic hydroxyl groups is 2. The number of likely N-dealkylation sites (tertiary alicyclic amines) is 1. The standard InChI is InChI=1S/C18H28N2O.C9H13NO3.ClH.H2O/c1-4-5-12-20-13-7-6-11-16(20)18(21)19-17-14(2)9-8-10-15(17)3;1-10-5-9(13)6-2-3-7(11)8(12)4-6;;/h8-10,16H,4-7,11-13H2,1-3H3,(H,19,21);2-4,9-13H,5H2,1H3;1H;1H2/t;9-;;/m.0../s1. The molecule has 0 aliphatic carbocycles. The minimum Gasteiger partial charge on any atom is -0.504 e. The maximum atomic E-state index is 12.7. The van der Waals surface area contributed by atoms with Gasteiger partial charge in [-0.25, -0.2) is 0 Å². The molecule has 2 aromatic rings. The van der Waals surface area contributed by atoms with Crippen LogP contribution in [0, 0.1) is 13.8 Å². The van der Waals surface area contributed by atoms with Gasteiger partial charge in [-0.3, -0.25) is 9.69 Å². The van der Waals surface area contributed by atoms with Crippen molar-refractivity contribution in [1.82, 2.24) is 10.2 Å². The van der Waals surface area contributed by atoms with E-state index in [9.17, 15) is 9.90 Å². The predicted octanol–water partition coefficient (Wildman–Crippen LogP) is 3.84. The summed E-state index contributed by atoms with van der Waals surface area (Å²) in [5, 5.41) is 33.6. The number of hydrogen-bond acceptors (Lipinski definition) is 6. The molecular weight excluding hydrogens is 482 g/mol. The van der Waals surface area contributed by atoms with Crippen molar-refractivity contribution in [2.75, 3.05) is 32.0 Å². The molecule has 0 aromatic heterocycles. The van der Waals surface area contributed by atoms with Crippen LogP contribution in [0.5, 0.6) is 11.5 Å². The van der Waals surface area contributed by atoms with Crippen LogP contribution in [0.3, 0.4) is 0 Å². The molecular formula is C27H44ClN3O5. The third kappa shape index (κ3) is 9.95. The number of rotatable bonds is 8. The first kappa shape index (κ1) is 33.6. The van der Waals surface area contributed by atoms with Crippen molar-refractivity contribution >= 4 is 24.0 Å². The number of nitrogens with zero attached hydrogens (tertiary/aromatic N) is 1. The largest absolute Gasteiger partial charge is 0.504 e. The van der Waals surface area contributed by atoms with E-state index in [4.69, 9.17) is 10.2 Å². The van der Waals surface area contributed by atoms with Gasteiger partial charge in [0.25, 0.3) is 0 Å². The van der Waals surface area contributed by atoms with Crippen LogP contribution < -0.4 is 10.6 Å². The van der Waals surface area contributed by atoms with Crippen LogP contribution in [0.4, 0.5) is 5.69 Å². The van der Waals surface area contributed by atoms with Crippen molar-refractivity contribution in [3.8, 4) is 11.5 Å². The molecule has 3 rings (SSSR count). The molecule has 1 heterocycles. The first-order valence-corrected chi connectivity index (χ1v) is 12.2. The van der Waals surface area contributed by atoms with E-state index < -0.39 is 6.10 Å². The highest BCUT2D eigenvalue weighted by atomic mass is 35.5. The van der Waals surface area contributed by atoms with Crippen molar-refractivity contribution < 1.29 is 25.6 Å². The molecule has 0 bridgehead atoms. The summed E-state index contributed by atoms with van der Waals surface area (Å²) in [6.45, 7) is 8.82. The maximum Gasteiger partial charge on any atom is 0.241 e. The minimum absolute atomic E-state index is 0. The Labute approximate surface area is 221 Å². The van der Waals surface area contributed by atoms with Crippen LogP contribution >= 0.6 is 12.4 Å². The Morgan fingerprint density at radius 1 is 1.11 bits per heavy atom.